The Labute approximate surface area is 146 Å². The summed E-state index contributed by atoms with van der Waals surface area (Å²) in [4.78, 5) is 20.9. The Morgan fingerprint density at radius 1 is 1.44 bits per heavy atom. The fourth-order valence-electron chi connectivity index (χ4n) is 4.34. The van der Waals surface area contributed by atoms with Gasteiger partial charge in [-0.2, -0.15) is 5.10 Å². The zero-order chi connectivity index (χ0) is 17.3. The van der Waals surface area contributed by atoms with Crippen molar-refractivity contribution in [1.29, 1.82) is 0 Å². The van der Waals surface area contributed by atoms with E-state index in [0.29, 0.717) is 11.4 Å². The highest BCUT2D eigenvalue weighted by Gasteiger charge is 2.57. The topological polar surface area (TPSA) is 81.9 Å². The van der Waals surface area contributed by atoms with E-state index in [2.05, 4.69) is 20.4 Å². The number of nitrogens with one attached hydrogen (secondary N) is 1. The highest BCUT2D eigenvalue weighted by molar-refractivity contribution is 5.94. The average Bonchev–Trinajstić information content (AvgIpc) is 3.33. The number of hydrogen-bond acceptors (Lipinski definition) is 5. The third-order valence-electron chi connectivity index (χ3n) is 5.65. The molecular formula is C18H23N5O2. The van der Waals surface area contributed by atoms with Crippen LogP contribution in [0.15, 0.2) is 31.0 Å². The predicted molar refractivity (Wildman–Crippen MR) is 91.3 cm³/mol. The summed E-state index contributed by atoms with van der Waals surface area (Å²) in [6.45, 7) is 2.77. The largest absolute Gasteiger partial charge is 0.378 e. The number of rotatable bonds is 5. The molecule has 0 bridgehead atoms. The molecule has 0 aromatic carbocycles. The number of aromatic nitrogens is 4. The highest BCUT2D eigenvalue weighted by Crippen LogP contribution is 2.54. The van der Waals surface area contributed by atoms with Gasteiger partial charge in [0.1, 0.15) is 12.7 Å². The lowest BCUT2D eigenvalue weighted by Gasteiger charge is -2.54. The van der Waals surface area contributed by atoms with E-state index in [-0.39, 0.29) is 23.5 Å². The lowest BCUT2D eigenvalue weighted by molar-refractivity contribution is -0.127. The van der Waals surface area contributed by atoms with Crippen LogP contribution in [-0.2, 0) is 4.74 Å². The molecule has 2 fully saturated rings. The molecule has 0 aliphatic heterocycles. The third kappa shape index (κ3) is 2.82. The van der Waals surface area contributed by atoms with Gasteiger partial charge in [-0.15, -0.1) is 0 Å². The number of carbonyl (C=O) groups is 1. The van der Waals surface area contributed by atoms with Crippen molar-refractivity contribution >= 4 is 5.91 Å². The number of carbonyl (C=O) groups excluding carboxylic acids is 1. The van der Waals surface area contributed by atoms with Gasteiger partial charge in [-0.1, -0.05) is 12.8 Å². The molecule has 1 spiro atoms. The van der Waals surface area contributed by atoms with Gasteiger partial charge in [-0.05, 0) is 38.3 Å². The van der Waals surface area contributed by atoms with Crippen molar-refractivity contribution in [3.05, 3.63) is 36.5 Å². The molecule has 2 aromatic rings. The zero-order valence-electron chi connectivity index (χ0n) is 14.4. The van der Waals surface area contributed by atoms with E-state index in [4.69, 9.17) is 4.74 Å². The number of pyridine rings is 1. The van der Waals surface area contributed by atoms with Crippen LogP contribution in [0.3, 0.4) is 0 Å². The van der Waals surface area contributed by atoms with Crippen molar-refractivity contribution in [2.24, 2.45) is 5.41 Å². The van der Waals surface area contributed by atoms with E-state index >= 15 is 0 Å². The molecule has 0 radical (unpaired) electrons. The minimum atomic E-state index is -0.0602. The Morgan fingerprint density at radius 2 is 2.28 bits per heavy atom. The van der Waals surface area contributed by atoms with Crippen LogP contribution in [0.4, 0.5) is 0 Å². The molecule has 2 saturated carbocycles. The third-order valence-corrected chi connectivity index (χ3v) is 5.65. The Kier molecular flexibility index (Phi) is 4.25. The van der Waals surface area contributed by atoms with Crippen LogP contribution in [0.2, 0.25) is 0 Å². The minimum Gasteiger partial charge on any atom is -0.378 e. The van der Waals surface area contributed by atoms with Gasteiger partial charge >= 0.3 is 0 Å². The van der Waals surface area contributed by atoms with Crippen molar-refractivity contribution in [3.63, 3.8) is 0 Å². The Morgan fingerprint density at radius 3 is 3.00 bits per heavy atom. The van der Waals surface area contributed by atoms with Gasteiger partial charge < -0.3 is 10.1 Å². The second-order valence-corrected chi connectivity index (χ2v) is 6.89. The van der Waals surface area contributed by atoms with Crippen molar-refractivity contribution < 1.29 is 9.53 Å². The zero-order valence-corrected chi connectivity index (χ0v) is 14.4. The molecule has 2 heterocycles. The van der Waals surface area contributed by atoms with Crippen molar-refractivity contribution in [2.75, 3.05) is 6.61 Å². The number of amides is 1. The van der Waals surface area contributed by atoms with Crippen LogP contribution in [0.1, 0.15) is 49.4 Å². The maximum absolute atomic E-state index is 12.7. The normalized spacial score (nSPS) is 24.2. The lowest BCUT2D eigenvalue weighted by atomic mass is 9.60. The lowest BCUT2D eigenvalue weighted by Crippen LogP contribution is -2.63. The van der Waals surface area contributed by atoms with Gasteiger partial charge in [-0.25, -0.2) is 14.6 Å². The molecule has 25 heavy (non-hydrogen) atoms. The monoisotopic (exact) mass is 341 g/mol. The van der Waals surface area contributed by atoms with Crippen LogP contribution in [0.25, 0.3) is 5.82 Å². The van der Waals surface area contributed by atoms with Gasteiger partial charge in [0.2, 0.25) is 0 Å². The van der Waals surface area contributed by atoms with Gasteiger partial charge in [0.25, 0.3) is 5.91 Å². The molecule has 4 rings (SSSR count). The molecule has 7 nitrogen and oxygen atoms in total. The predicted octanol–water partition coefficient (Wildman–Crippen LogP) is 2.13. The maximum atomic E-state index is 12.7. The first-order valence-electron chi connectivity index (χ1n) is 8.96. The van der Waals surface area contributed by atoms with Crippen molar-refractivity contribution in [3.8, 4) is 5.82 Å². The highest BCUT2D eigenvalue weighted by atomic mass is 16.5. The molecule has 2 unspecified atom stereocenters. The van der Waals surface area contributed by atoms with Gasteiger partial charge in [0.05, 0.1) is 6.10 Å². The maximum Gasteiger partial charge on any atom is 0.251 e. The Bertz CT molecular complexity index is 740. The molecule has 7 heteroatoms. The van der Waals surface area contributed by atoms with E-state index in [1.54, 1.807) is 29.3 Å². The van der Waals surface area contributed by atoms with Gasteiger partial charge in [0.15, 0.2) is 5.82 Å². The van der Waals surface area contributed by atoms with Crippen LogP contribution in [-0.4, -0.2) is 44.4 Å². The Hall–Kier alpha value is -2.28. The summed E-state index contributed by atoms with van der Waals surface area (Å²) in [5.74, 6) is 0.525. The van der Waals surface area contributed by atoms with Crippen molar-refractivity contribution in [1.82, 2.24) is 25.1 Å². The van der Waals surface area contributed by atoms with Crippen LogP contribution >= 0.6 is 0 Å². The molecule has 1 amide bonds. The first-order chi connectivity index (χ1) is 12.2. The second-order valence-electron chi connectivity index (χ2n) is 6.89. The van der Waals surface area contributed by atoms with E-state index in [1.165, 1.54) is 19.2 Å². The second kappa shape index (κ2) is 6.55. The Balaban J connectivity index is 1.48. The molecular weight excluding hydrogens is 318 g/mol. The van der Waals surface area contributed by atoms with Gasteiger partial charge in [-0.3, -0.25) is 4.79 Å². The molecule has 2 aliphatic carbocycles. The smallest absolute Gasteiger partial charge is 0.251 e. The standard InChI is InChI=1S/C18H23N5O2/c1-2-25-15-10-14(18(15)6-3-4-7-18)22-17(24)13-5-8-20-16(9-13)23-12-19-11-21-23/h5,8-9,11-12,14-15H,2-4,6-7,10H2,1H3,(H,22,24). The molecule has 132 valence electrons. The number of nitrogens with zero attached hydrogens (tertiary/aromatic N) is 4. The molecule has 1 N–H and O–H groups in total. The van der Waals surface area contributed by atoms with E-state index in [0.717, 1.165) is 25.9 Å². The summed E-state index contributed by atoms with van der Waals surface area (Å²) in [6.07, 6.45) is 10.6. The fourth-order valence-corrected chi connectivity index (χ4v) is 4.34. The molecule has 2 aromatic heterocycles. The molecule has 0 saturated heterocycles. The summed E-state index contributed by atoms with van der Waals surface area (Å²) >= 11 is 0. The number of hydrogen-bond donors (Lipinski definition) is 1. The van der Waals surface area contributed by atoms with E-state index in [1.807, 2.05) is 6.92 Å². The van der Waals surface area contributed by atoms with Gasteiger partial charge in [0, 0.05) is 29.8 Å². The quantitative estimate of drug-likeness (QED) is 0.901. The first kappa shape index (κ1) is 16.2. The van der Waals surface area contributed by atoms with Crippen molar-refractivity contribution in [2.45, 2.75) is 51.2 Å². The van der Waals surface area contributed by atoms with Crippen LogP contribution in [0.5, 0.6) is 0 Å². The first-order valence-corrected chi connectivity index (χ1v) is 8.96. The van der Waals surface area contributed by atoms with Crippen LogP contribution in [0, 0.1) is 5.41 Å². The summed E-state index contributed by atoms with van der Waals surface area (Å²) in [7, 11) is 0. The fraction of sp³-hybridized carbons (Fsp3) is 0.556. The summed E-state index contributed by atoms with van der Waals surface area (Å²) in [6, 6.07) is 3.67. The summed E-state index contributed by atoms with van der Waals surface area (Å²) in [5.41, 5.74) is 0.724. The summed E-state index contributed by atoms with van der Waals surface area (Å²) in [5, 5.41) is 7.29. The van der Waals surface area contributed by atoms with E-state index in [9.17, 15) is 4.79 Å². The average molecular weight is 341 g/mol. The molecule has 2 atom stereocenters. The minimum absolute atomic E-state index is 0.0602. The van der Waals surface area contributed by atoms with E-state index < -0.39 is 0 Å². The van der Waals surface area contributed by atoms with Crippen LogP contribution < -0.4 is 5.32 Å². The number of ether oxygens (including phenoxy) is 1. The summed E-state index contributed by atoms with van der Waals surface area (Å²) < 4.78 is 7.47. The SMILES string of the molecule is CCOC1CC(NC(=O)c2ccnc(-n3cncn3)c2)C12CCCC2. The molecule has 2 aliphatic rings.